The molecule has 0 radical (unpaired) electrons. The van der Waals surface area contributed by atoms with Crippen LogP contribution in [-0.4, -0.2) is 36.6 Å². The second-order valence-corrected chi connectivity index (χ2v) is 8.75. The lowest BCUT2D eigenvalue weighted by Crippen LogP contribution is -2.78. The van der Waals surface area contributed by atoms with Gasteiger partial charge in [-0.3, -0.25) is 0 Å². The van der Waals surface area contributed by atoms with Gasteiger partial charge in [-0.1, -0.05) is 29.8 Å². The van der Waals surface area contributed by atoms with Crippen molar-refractivity contribution in [2.75, 3.05) is 20.3 Å². The van der Waals surface area contributed by atoms with Gasteiger partial charge < -0.3 is 14.6 Å². The largest absolute Gasteiger partial charge is 0.394 e. The molecule has 26 heavy (non-hydrogen) atoms. The maximum atomic E-state index is 9.23. The van der Waals surface area contributed by atoms with E-state index in [1.807, 2.05) is 0 Å². The molecule has 6 rings (SSSR count). The van der Waals surface area contributed by atoms with Crippen molar-refractivity contribution in [1.29, 1.82) is 0 Å². The highest BCUT2D eigenvalue weighted by Crippen LogP contribution is 2.70. The van der Waals surface area contributed by atoms with Crippen LogP contribution in [0.25, 0.3) is 0 Å². The second-order valence-electron chi connectivity index (χ2n) is 8.75. The number of aliphatic hydroxyl groups is 1. The Hall–Kier alpha value is -0.980. The van der Waals surface area contributed by atoms with Crippen molar-refractivity contribution in [3.63, 3.8) is 0 Å². The van der Waals surface area contributed by atoms with Crippen molar-refractivity contribution in [1.82, 2.24) is 0 Å². The van der Waals surface area contributed by atoms with Gasteiger partial charge in [0.25, 0.3) is 5.79 Å². The van der Waals surface area contributed by atoms with E-state index in [1.165, 1.54) is 5.56 Å². The Balaban J connectivity index is 1.54. The summed E-state index contributed by atoms with van der Waals surface area (Å²) >= 11 is 0. The van der Waals surface area contributed by atoms with Crippen LogP contribution in [0.5, 0.6) is 0 Å². The van der Waals surface area contributed by atoms with E-state index in [0.717, 1.165) is 37.7 Å². The lowest BCUT2D eigenvalue weighted by molar-refractivity contribution is -0.647. The highest BCUT2D eigenvalue weighted by molar-refractivity contribution is 5.33. The maximum absolute atomic E-state index is 9.23. The summed E-state index contributed by atoms with van der Waals surface area (Å²) in [7, 11) is 1.73. The molecule has 4 bridgehead atoms. The van der Waals surface area contributed by atoms with E-state index in [0.29, 0.717) is 24.4 Å². The van der Waals surface area contributed by atoms with E-state index in [-0.39, 0.29) is 12.2 Å². The third-order valence-electron chi connectivity index (χ3n) is 7.34. The van der Waals surface area contributed by atoms with Gasteiger partial charge in [-0.25, -0.2) is 4.89 Å². The summed E-state index contributed by atoms with van der Waals surface area (Å²) in [6, 6.07) is 8.39. The summed E-state index contributed by atoms with van der Waals surface area (Å²) in [6.45, 7) is 2.59. The van der Waals surface area contributed by atoms with Crippen molar-refractivity contribution in [2.45, 2.75) is 56.0 Å². The average molecular weight is 360 g/mol. The van der Waals surface area contributed by atoms with E-state index < -0.39 is 11.4 Å². The first-order valence-corrected chi connectivity index (χ1v) is 9.81. The third kappa shape index (κ3) is 2.04. The predicted molar refractivity (Wildman–Crippen MR) is 94.1 cm³/mol. The minimum absolute atomic E-state index is 0.0812. The predicted octanol–water partition coefficient (Wildman–Crippen LogP) is 3.08. The number of aliphatic hydroxyl groups excluding tert-OH is 1. The van der Waals surface area contributed by atoms with Crippen LogP contribution in [0.2, 0.25) is 0 Å². The molecule has 3 atom stereocenters. The topological polar surface area (TPSA) is 57.2 Å². The monoisotopic (exact) mass is 360 g/mol. The van der Waals surface area contributed by atoms with Gasteiger partial charge in [-0.05, 0) is 44.9 Å². The zero-order valence-corrected chi connectivity index (χ0v) is 15.6. The summed E-state index contributed by atoms with van der Waals surface area (Å²) in [5.41, 5.74) is 1.70. The van der Waals surface area contributed by atoms with Gasteiger partial charge in [0.15, 0.2) is 5.60 Å². The fourth-order valence-corrected chi connectivity index (χ4v) is 6.66. The van der Waals surface area contributed by atoms with E-state index in [2.05, 4.69) is 31.2 Å². The van der Waals surface area contributed by atoms with Crippen LogP contribution in [0.4, 0.5) is 0 Å². The van der Waals surface area contributed by atoms with Crippen molar-refractivity contribution in [2.24, 2.45) is 17.8 Å². The van der Waals surface area contributed by atoms with Gasteiger partial charge in [0.05, 0.1) is 18.8 Å². The molecule has 142 valence electrons. The Labute approximate surface area is 154 Å². The molecule has 1 N–H and O–H groups in total. The van der Waals surface area contributed by atoms with Gasteiger partial charge in [0.1, 0.15) is 0 Å². The summed E-state index contributed by atoms with van der Waals surface area (Å²) < 4.78 is 12.3. The molecular formula is C21H28O5. The summed E-state index contributed by atoms with van der Waals surface area (Å²) in [4.78, 5) is 11.8. The summed E-state index contributed by atoms with van der Waals surface area (Å²) in [6.07, 6.45) is 5.31. The maximum Gasteiger partial charge on any atom is 0.260 e. The van der Waals surface area contributed by atoms with Crippen molar-refractivity contribution in [3.05, 3.63) is 35.4 Å². The first-order chi connectivity index (χ1) is 12.6. The van der Waals surface area contributed by atoms with Crippen LogP contribution in [0, 0.1) is 24.7 Å². The quantitative estimate of drug-likeness (QED) is 0.818. The van der Waals surface area contributed by atoms with Crippen molar-refractivity contribution < 1.29 is 24.4 Å². The Morgan fingerprint density at radius 3 is 2.50 bits per heavy atom. The van der Waals surface area contributed by atoms with Gasteiger partial charge in [0, 0.05) is 24.5 Å². The Bertz CT molecular complexity index is 683. The zero-order chi connectivity index (χ0) is 18.0. The smallest absolute Gasteiger partial charge is 0.260 e. The molecule has 1 spiro atoms. The number of methoxy groups -OCH3 is 1. The van der Waals surface area contributed by atoms with Gasteiger partial charge >= 0.3 is 0 Å². The van der Waals surface area contributed by atoms with Crippen LogP contribution in [0.1, 0.15) is 43.2 Å². The fourth-order valence-electron chi connectivity index (χ4n) is 6.66. The Morgan fingerprint density at radius 2 is 1.92 bits per heavy atom. The highest BCUT2D eigenvalue weighted by Gasteiger charge is 2.78. The van der Waals surface area contributed by atoms with Crippen LogP contribution in [-0.2, 0) is 25.0 Å². The van der Waals surface area contributed by atoms with Crippen LogP contribution < -0.4 is 0 Å². The normalized spacial score (nSPS) is 45.9. The standard InChI is InChI=1S/C21H28O5/c1-14-4-3-5-16(8-14)21(23-2)20(25-26-21)17-9-15-10-18(20)13-19(11-15,12-17)24-7-6-22/h3-5,8,15,17-18,22H,6-7,9-13H2,1-2H3. The number of hydrogen-bond acceptors (Lipinski definition) is 5. The number of ether oxygens (including phenoxy) is 2. The molecule has 1 heterocycles. The van der Waals surface area contributed by atoms with E-state index in [1.54, 1.807) is 7.11 Å². The van der Waals surface area contributed by atoms with Gasteiger partial charge in [0.2, 0.25) is 0 Å². The van der Waals surface area contributed by atoms with E-state index in [9.17, 15) is 5.11 Å². The zero-order valence-electron chi connectivity index (χ0n) is 15.6. The molecule has 5 heteroatoms. The SMILES string of the molecule is COC1(c2cccc(C)c2)OOC12C1CC3CC2CC(OCCO)(C3)C1. The molecule has 1 aromatic carbocycles. The molecule has 1 aromatic rings. The molecule has 5 fully saturated rings. The first kappa shape index (κ1) is 17.1. The molecule has 0 amide bonds. The van der Waals surface area contributed by atoms with Crippen LogP contribution in [0.15, 0.2) is 24.3 Å². The Kier molecular flexibility index (Phi) is 3.80. The number of benzene rings is 1. The number of aryl methyl sites for hydroxylation is 1. The van der Waals surface area contributed by atoms with Gasteiger partial charge in [-0.2, -0.15) is 4.89 Å². The third-order valence-corrected chi connectivity index (χ3v) is 7.34. The lowest BCUT2D eigenvalue weighted by atomic mass is 9.45. The minimum atomic E-state index is -0.834. The summed E-state index contributed by atoms with van der Waals surface area (Å²) in [5, 5.41) is 9.23. The van der Waals surface area contributed by atoms with E-state index in [4.69, 9.17) is 19.2 Å². The highest BCUT2D eigenvalue weighted by atomic mass is 17.3. The van der Waals surface area contributed by atoms with Crippen LogP contribution in [0.3, 0.4) is 0 Å². The average Bonchev–Trinajstić information content (AvgIpc) is 2.59. The summed E-state index contributed by atoms with van der Waals surface area (Å²) in [5.74, 6) is 0.538. The Morgan fingerprint density at radius 1 is 1.15 bits per heavy atom. The number of rotatable bonds is 5. The molecule has 1 saturated heterocycles. The molecule has 4 aliphatic carbocycles. The van der Waals surface area contributed by atoms with Crippen molar-refractivity contribution >= 4 is 0 Å². The molecule has 0 aromatic heterocycles. The van der Waals surface area contributed by atoms with Crippen LogP contribution >= 0.6 is 0 Å². The molecule has 3 unspecified atom stereocenters. The molecule has 5 aliphatic rings. The molecule has 5 nitrogen and oxygen atoms in total. The molecule has 4 saturated carbocycles. The van der Waals surface area contributed by atoms with E-state index >= 15 is 0 Å². The molecule has 1 aliphatic heterocycles. The van der Waals surface area contributed by atoms with Crippen molar-refractivity contribution in [3.8, 4) is 0 Å². The second kappa shape index (κ2) is 5.76. The minimum Gasteiger partial charge on any atom is -0.394 e. The molecular weight excluding hydrogens is 332 g/mol. The van der Waals surface area contributed by atoms with Gasteiger partial charge in [-0.15, -0.1) is 0 Å². The first-order valence-electron chi connectivity index (χ1n) is 9.81. The fraction of sp³-hybridized carbons (Fsp3) is 0.714. The lowest BCUT2D eigenvalue weighted by Gasteiger charge is -2.70. The number of hydrogen-bond donors (Lipinski definition) is 1.